The van der Waals surface area contributed by atoms with Crippen molar-refractivity contribution in [2.75, 3.05) is 39.4 Å². The van der Waals surface area contributed by atoms with Gasteiger partial charge in [-0.2, -0.15) is 0 Å². The highest BCUT2D eigenvalue weighted by molar-refractivity contribution is 9.18. The summed E-state index contributed by atoms with van der Waals surface area (Å²) in [4.78, 5) is 15.2. The molecule has 0 spiro atoms. The first-order valence-corrected chi connectivity index (χ1v) is 8.71. The van der Waals surface area contributed by atoms with Gasteiger partial charge in [-0.25, -0.2) is 0 Å². The molecule has 0 aromatic carbocycles. The Morgan fingerprint density at radius 3 is 2.59 bits per heavy atom. The van der Waals surface area contributed by atoms with Gasteiger partial charge in [0.1, 0.15) is 4.62 Å². The van der Waals surface area contributed by atoms with Gasteiger partial charge in [-0.1, -0.05) is 0 Å². The Bertz CT molecular complexity index is 470. The van der Waals surface area contributed by atoms with Crippen molar-refractivity contribution in [1.29, 1.82) is 5.41 Å². The average molecular weight is 371 g/mol. The van der Waals surface area contributed by atoms with Crippen molar-refractivity contribution in [2.45, 2.75) is 31.3 Å². The monoisotopic (exact) mass is 370 g/mol. The van der Waals surface area contributed by atoms with Crippen molar-refractivity contribution >= 4 is 27.0 Å². The Kier molecular flexibility index (Phi) is 5.15. The lowest BCUT2D eigenvalue weighted by molar-refractivity contribution is -0.117. The van der Waals surface area contributed by atoms with E-state index in [9.17, 15) is 4.79 Å². The summed E-state index contributed by atoms with van der Waals surface area (Å²) in [5.41, 5.74) is 2.04. The summed E-state index contributed by atoms with van der Waals surface area (Å²) in [5, 5.41) is 11.5. The minimum Gasteiger partial charge on any atom is -0.385 e. The van der Waals surface area contributed by atoms with Crippen LogP contribution in [0.15, 0.2) is 11.3 Å². The number of piperidine rings is 1. The van der Waals surface area contributed by atoms with Crippen LogP contribution in [0.25, 0.3) is 0 Å². The number of halogens is 1. The highest BCUT2D eigenvalue weighted by Crippen LogP contribution is 2.22. The van der Waals surface area contributed by atoms with Gasteiger partial charge in [0.15, 0.2) is 0 Å². The normalized spacial score (nSPS) is 25.0. The summed E-state index contributed by atoms with van der Waals surface area (Å²) in [6.45, 7) is 5.24. The third-order valence-corrected chi connectivity index (χ3v) is 5.31. The zero-order valence-corrected chi connectivity index (χ0v) is 14.3. The Morgan fingerprint density at radius 2 is 2.05 bits per heavy atom. The molecular weight excluding hydrogens is 348 g/mol. The molecule has 6 nitrogen and oxygen atoms in total. The second kappa shape index (κ2) is 7.10. The molecule has 22 heavy (non-hydrogen) atoms. The van der Waals surface area contributed by atoms with Gasteiger partial charge in [-0.15, -0.1) is 0 Å². The number of amides is 1. The fraction of sp³-hybridized carbons (Fsp3) is 0.733. The standard InChI is InChI=1S/C15H23BrN4O2/c16-15(17)13-7-19(10-21)4-3-14(13)18-11-1-5-20(6-2-11)12-8-22-9-12/h10-12,17-18H,1-9H2. The van der Waals surface area contributed by atoms with Crippen LogP contribution in [0.4, 0.5) is 0 Å². The number of rotatable bonds is 5. The fourth-order valence-corrected chi connectivity index (χ4v) is 3.69. The predicted molar refractivity (Wildman–Crippen MR) is 88.3 cm³/mol. The molecule has 1 amide bonds. The van der Waals surface area contributed by atoms with E-state index >= 15 is 0 Å². The molecule has 122 valence electrons. The van der Waals surface area contributed by atoms with Gasteiger partial charge < -0.3 is 15.0 Å². The van der Waals surface area contributed by atoms with Crippen molar-refractivity contribution in [1.82, 2.24) is 15.1 Å². The molecule has 0 saturated carbocycles. The Balaban J connectivity index is 1.57. The molecule has 3 heterocycles. The fourth-order valence-electron chi connectivity index (χ4n) is 3.32. The number of hydrogen-bond acceptors (Lipinski definition) is 5. The molecule has 0 aliphatic carbocycles. The van der Waals surface area contributed by atoms with Gasteiger partial charge in [0.05, 0.1) is 19.3 Å². The largest absolute Gasteiger partial charge is 0.385 e. The van der Waals surface area contributed by atoms with E-state index in [2.05, 4.69) is 26.1 Å². The smallest absolute Gasteiger partial charge is 0.210 e. The van der Waals surface area contributed by atoms with E-state index in [4.69, 9.17) is 10.1 Å². The molecule has 3 aliphatic rings. The summed E-state index contributed by atoms with van der Waals surface area (Å²) >= 11 is 3.26. The van der Waals surface area contributed by atoms with Gasteiger partial charge in [-0.3, -0.25) is 15.1 Å². The van der Waals surface area contributed by atoms with Crippen LogP contribution in [0.2, 0.25) is 0 Å². The minimum atomic E-state index is 0.380. The lowest BCUT2D eigenvalue weighted by atomic mass is 10.00. The topological polar surface area (TPSA) is 68.7 Å². The maximum absolute atomic E-state index is 10.9. The van der Waals surface area contributed by atoms with Crippen LogP contribution in [0.1, 0.15) is 19.3 Å². The quantitative estimate of drug-likeness (QED) is 0.557. The lowest BCUT2D eigenvalue weighted by Gasteiger charge is -2.42. The first-order valence-electron chi connectivity index (χ1n) is 7.91. The Labute approximate surface area is 139 Å². The maximum Gasteiger partial charge on any atom is 0.210 e. The number of hydrogen-bond donors (Lipinski definition) is 2. The van der Waals surface area contributed by atoms with Crippen LogP contribution in [0.3, 0.4) is 0 Å². The number of nitrogens with one attached hydrogen (secondary N) is 2. The van der Waals surface area contributed by atoms with Gasteiger partial charge in [-0.05, 0) is 28.8 Å². The SMILES string of the molecule is N=C(Br)C1=C(NC2CCN(C3COC3)CC2)CCN(C=O)C1. The predicted octanol–water partition coefficient (Wildman–Crippen LogP) is 0.928. The summed E-state index contributed by atoms with van der Waals surface area (Å²) < 4.78 is 5.65. The van der Waals surface area contributed by atoms with Crippen LogP contribution in [-0.4, -0.2) is 72.3 Å². The van der Waals surface area contributed by atoms with E-state index in [1.165, 1.54) is 0 Å². The molecule has 2 fully saturated rings. The summed E-state index contributed by atoms with van der Waals surface area (Å²) in [6.07, 6.45) is 3.92. The molecule has 0 radical (unpaired) electrons. The summed E-state index contributed by atoms with van der Waals surface area (Å²) in [5.74, 6) is 0. The van der Waals surface area contributed by atoms with Crippen LogP contribution >= 0.6 is 15.9 Å². The summed E-state index contributed by atoms with van der Waals surface area (Å²) in [6, 6.07) is 1.10. The molecule has 0 atom stereocenters. The first-order chi connectivity index (χ1) is 10.7. The van der Waals surface area contributed by atoms with Gasteiger partial charge in [0, 0.05) is 49.9 Å². The van der Waals surface area contributed by atoms with Gasteiger partial charge in [0.2, 0.25) is 6.41 Å². The van der Waals surface area contributed by atoms with E-state index in [1.54, 1.807) is 4.90 Å². The zero-order valence-electron chi connectivity index (χ0n) is 12.7. The molecule has 2 saturated heterocycles. The van der Waals surface area contributed by atoms with E-state index in [0.717, 1.165) is 69.8 Å². The number of carbonyl (C=O) groups is 1. The number of nitrogens with zero attached hydrogens (tertiary/aromatic N) is 2. The third-order valence-electron chi connectivity index (χ3n) is 4.83. The van der Waals surface area contributed by atoms with Crippen LogP contribution in [0.5, 0.6) is 0 Å². The Morgan fingerprint density at radius 1 is 1.32 bits per heavy atom. The third kappa shape index (κ3) is 3.52. The zero-order chi connectivity index (χ0) is 15.5. The first kappa shape index (κ1) is 16.0. The molecular formula is C15H23BrN4O2. The molecule has 0 aromatic heterocycles. The van der Waals surface area contributed by atoms with E-state index < -0.39 is 0 Å². The molecule has 7 heteroatoms. The number of ether oxygens (including phenoxy) is 1. The second-order valence-electron chi connectivity index (χ2n) is 6.24. The van der Waals surface area contributed by atoms with Crippen LogP contribution < -0.4 is 5.32 Å². The van der Waals surface area contributed by atoms with Crippen molar-refractivity contribution < 1.29 is 9.53 Å². The molecule has 2 N–H and O–H groups in total. The lowest BCUT2D eigenvalue weighted by Crippen LogP contribution is -2.54. The van der Waals surface area contributed by atoms with Crippen molar-refractivity contribution in [3.63, 3.8) is 0 Å². The van der Waals surface area contributed by atoms with Gasteiger partial charge >= 0.3 is 0 Å². The molecule has 3 aliphatic heterocycles. The molecule has 0 aromatic rings. The summed E-state index contributed by atoms with van der Waals surface area (Å²) in [7, 11) is 0. The Hall–Kier alpha value is -0.920. The van der Waals surface area contributed by atoms with Crippen molar-refractivity contribution in [2.24, 2.45) is 0 Å². The minimum absolute atomic E-state index is 0.380. The average Bonchev–Trinajstić information content (AvgIpc) is 2.47. The van der Waals surface area contributed by atoms with Crippen molar-refractivity contribution in [3.05, 3.63) is 11.3 Å². The van der Waals surface area contributed by atoms with E-state index in [-0.39, 0.29) is 0 Å². The second-order valence-corrected chi connectivity index (χ2v) is 7.04. The van der Waals surface area contributed by atoms with E-state index in [1.807, 2.05) is 0 Å². The molecule has 0 bridgehead atoms. The molecule has 3 rings (SSSR count). The maximum atomic E-state index is 10.9. The number of carbonyl (C=O) groups excluding carboxylic acids is 1. The van der Waals surface area contributed by atoms with Crippen LogP contribution in [0, 0.1) is 5.41 Å². The van der Waals surface area contributed by atoms with E-state index in [0.29, 0.717) is 23.2 Å². The highest BCUT2D eigenvalue weighted by atomic mass is 79.9. The van der Waals surface area contributed by atoms with Crippen molar-refractivity contribution in [3.8, 4) is 0 Å². The molecule has 0 unspecified atom stereocenters. The highest BCUT2D eigenvalue weighted by Gasteiger charge is 2.30. The van der Waals surface area contributed by atoms with Crippen LogP contribution in [-0.2, 0) is 9.53 Å². The van der Waals surface area contributed by atoms with Gasteiger partial charge in [0.25, 0.3) is 0 Å². The number of likely N-dealkylation sites (tertiary alicyclic amines) is 1.